The standard InChI is InChI=1S/C16H19N3O3/c1-10(16(21)22)19(4)15(20)13-9-14(18(2)3)11-7-5-6-8-12(11)17-13/h5-10H,1-4H3,(H,21,22). The second-order valence-corrected chi connectivity index (χ2v) is 5.37. The molecule has 0 aliphatic rings. The van der Waals surface area contributed by atoms with Crippen LogP contribution in [0, 0.1) is 0 Å². The molecule has 0 aliphatic heterocycles. The van der Waals surface area contributed by atoms with Crippen molar-refractivity contribution in [3.05, 3.63) is 36.0 Å². The third-order valence-electron chi connectivity index (χ3n) is 3.65. The van der Waals surface area contributed by atoms with Crippen molar-refractivity contribution < 1.29 is 14.7 Å². The minimum atomic E-state index is -1.05. The number of carbonyl (C=O) groups excluding carboxylic acids is 1. The number of carbonyl (C=O) groups is 2. The Morgan fingerprint density at radius 3 is 2.41 bits per heavy atom. The first kappa shape index (κ1) is 15.8. The van der Waals surface area contributed by atoms with Gasteiger partial charge in [-0.15, -0.1) is 0 Å². The fourth-order valence-electron chi connectivity index (χ4n) is 2.16. The summed E-state index contributed by atoms with van der Waals surface area (Å²) < 4.78 is 0. The number of rotatable bonds is 4. The summed E-state index contributed by atoms with van der Waals surface area (Å²) in [5, 5.41) is 9.98. The Kier molecular flexibility index (Phi) is 4.30. The van der Waals surface area contributed by atoms with Crippen molar-refractivity contribution >= 4 is 28.5 Å². The molecule has 0 saturated carbocycles. The Morgan fingerprint density at radius 2 is 1.82 bits per heavy atom. The van der Waals surface area contributed by atoms with Gasteiger partial charge in [-0.2, -0.15) is 0 Å². The highest BCUT2D eigenvalue weighted by molar-refractivity contribution is 6.00. The van der Waals surface area contributed by atoms with E-state index in [1.165, 1.54) is 18.9 Å². The average molecular weight is 301 g/mol. The van der Waals surface area contributed by atoms with Crippen molar-refractivity contribution in [1.82, 2.24) is 9.88 Å². The average Bonchev–Trinajstić information content (AvgIpc) is 2.51. The maximum Gasteiger partial charge on any atom is 0.326 e. The van der Waals surface area contributed by atoms with Gasteiger partial charge in [0, 0.05) is 32.2 Å². The summed E-state index contributed by atoms with van der Waals surface area (Å²) in [6, 6.07) is 8.32. The molecule has 0 fully saturated rings. The predicted molar refractivity (Wildman–Crippen MR) is 85.3 cm³/mol. The van der Waals surface area contributed by atoms with Crippen LogP contribution in [-0.2, 0) is 4.79 Å². The van der Waals surface area contributed by atoms with E-state index in [-0.39, 0.29) is 5.69 Å². The number of carboxylic acid groups (broad SMARTS) is 1. The highest BCUT2D eigenvalue weighted by Gasteiger charge is 2.24. The minimum absolute atomic E-state index is 0.234. The van der Waals surface area contributed by atoms with Gasteiger partial charge in [0.1, 0.15) is 11.7 Å². The number of hydrogen-bond donors (Lipinski definition) is 1. The lowest BCUT2D eigenvalue weighted by Gasteiger charge is -2.22. The summed E-state index contributed by atoms with van der Waals surface area (Å²) in [6.45, 7) is 1.47. The summed E-state index contributed by atoms with van der Waals surface area (Å²) >= 11 is 0. The first-order chi connectivity index (χ1) is 10.3. The van der Waals surface area contributed by atoms with E-state index in [1.807, 2.05) is 43.3 Å². The predicted octanol–water partition coefficient (Wildman–Crippen LogP) is 1.85. The zero-order valence-electron chi connectivity index (χ0n) is 13.1. The van der Waals surface area contributed by atoms with Crippen molar-refractivity contribution in [2.24, 2.45) is 0 Å². The molecule has 1 aromatic heterocycles. The third-order valence-corrected chi connectivity index (χ3v) is 3.65. The zero-order chi connectivity index (χ0) is 16.4. The van der Waals surface area contributed by atoms with Gasteiger partial charge in [0.25, 0.3) is 5.91 Å². The zero-order valence-corrected chi connectivity index (χ0v) is 13.1. The Morgan fingerprint density at radius 1 is 1.18 bits per heavy atom. The van der Waals surface area contributed by atoms with Crippen LogP contribution in [-0.4, -0.2) is 54.1 Å². The summed E-state index contributed by atoms with van der Waals surface area (Å²) in [5.41, 5.74) is 1.80. The van der Waals surface area contributed by atoms with Crippen molar-refractivity contribution in [3.63, 3.8) is 0 Å². The lowest BCUT2D eigenvalue weighted by Crippen LogP contribution is -2.40. The minimum Gasteiger partial charge on any atom is -0.480 e. The van der Waals surface area contributed by atoms with Crippen molar-refractivity contribution in [2.45, 2.75) is 13.0 Å². The molecule has 1 unspecified atom stereocenters. The molecule has 0 spiro atoms. The van der Waals surface area contributed by atoms with Crippen LogP contribution in [0.4, 0.5) is 5.69 Å². The van der Waals surface area contributed by atoms with E-state index in [2.05, 4.69) is 4.98 Å². The Bertz CT molecular complexity index is 728. The molecule has 1 atom stereocenters. The monoisotopic (exact) mass is 301 g/mol. The summed E-state index contributed by atoms with van der Waals surface area (Å²) in [5.74, 6) is -1.46. The Hall–Kier alpha value is -2.63. The number of amides is 1. The number of benzene rings is 1. The van der Waals surface area contributed by atoms with Crippen molar-refractivity contribution in [1.29, 1.82) is 0 Å². The van der Waals surface area contributed by atoms with E-state index in [0.29, 0.717) is 5.52 Å². The fraction of sp³-hybridized carbons (Fsp3) is 0.312. The maximum atomic E-state index is 12.5. The van der Waals surface area contributed by atoms with Gasteiger partial charge in [0.15, 0.2) is 0 Å². The number of aromatic nitrogens is 1. The van der Waals surface area contributed by atoms with Gasteiger partial charge < -0.3 is 14.9 Å². The maximum absolute atomic E-state index is 12.5. The number of likely N-dealkylation sites (N-methyl/N-ethyl adjacent to an activating group) is 1. The van der Waals surface area contributed by atoms with E-state index in [9.17, 15) is 9.59 Å². The molecule has 1 aromatic carbocycles. The van der Waals surface area contributed by atoms with Crippen LogP contribution in [0.3, 0.4) is 0 Å². The quantitative estimate of drug-likeness (QED) is 0.933. The summed E-state index contributed by atoms with van der Waals surface area (Å²) in [7, 11) is 5.24. The van der Waals surface area contributed by atoms with E-state index < -0.39 is 17.9 Å². The lowest BCUT2D eigenvalue weighted by atomic mass is 10.1. The van der Waals surface area contributed by atoms with Gasteiger partial charge in [0.05, 0.1) is 5.52 Å². The van der Waals surface area contributed by atoms with E-state index in [1.54, 1.807) is 6.07 Å². The Balaban J connectivity index is 2.52. The molecule has 1 heterocycles. The number of anilines is 1. The molecule has 0 radical (unpaired) electrons. The molecule has 1 amide bonds. The molecule has 22 heavy (non-hydrogen) atoms. The topological polar surface area (TPSA) is 73.7 Å². The SMILES string of the molecule is CC(C(=O)O)N(C)C(=O)c1cc(N(C)C)c2ccccc2n1. The molecule has 6 nitrogen and oxygen atoms in total. The number of hydrogen-bond acceptors (Lipinski definition) is 4. The number of nitrogens with zero attached hydrogens (tertiary/aromatic N) is 3. The second-order valence-electron chi connectivity index (χ2n) is 5.37. The molecule has 2 rings (SSSR count). The van der Waals surface area contributed by atoms with E-state index in [4.69, 9.17) is 5.11 Å². The molecule has 0 aliphatic carbocycles. The van der Waals surface area contributed by atoms with Gasteiger partial charge in [-0.05, 0) is 19.1 Å². The third kappa shape index (κ3) is 2.86. The van der Waals surface area contributed by atoms with Crippen LogP contribution in [0.1, 0.15) is 17.4 Å². The van der Waals surface area contributed by atoms with Crippen LogP contribution < -0.4 is 4.90 Å². The van der Waals surface area contributed by atoms with Crippen LogP contribution in [0.15, 0.2) is 30.3 Å². The number of pyridine rings is 1. The molecular formula is C16H19N3O3. The van der Waals surface area contributed by atoms with Gasteiger partial charge in [-0.1, -0.05) is 18.2 Å². The smallest absolute Gasteiger partial charge is 0.326 e. The number of para-hydroxylation sites is 1. The number of carboxylic acids is 1. The van der Waals surface area contributed by atoms with Gasteiger partial charge in [0.2, 0.25) is 0 Å². The number of fused-ring (bicyclic) bond motifs is 1. The summed E-state index contributed by atoms with van der Waals surface area (Å²) in [6.07, 6.45) is 0. The van der Waals surface area contributed by atoms with Gasteiger partial charge in [-0.3, -0.25) is 4.79 Å². The fourth-order valence-corrected chi connectivity index (χ4v) is 2.16. The van der Waals surface area contributed by atoms with E-state index in [0.717, 1.165) is 11.1 Å². The highest BCUT2D eigenvalue weighted by atomic mass is 16.4. The van der Waals surface area contributed by atoms with Crippen molar-refractivity contribution in [2.75, 3.05) is 26.0 Å². The van der Waals surface area contributed by atoms with E-state index >= 15 is 0 Å². The first-order valence-corrected chi connectivity index (χ1v) is 6.90. The molecule has 0 bridgehead atoms. The largest absolute Gasteiger partial charge is 0.480 e. The Labute approximate surface area is 129 Å². The van der Waals surface area contributed by atoms with Crippen LogP contribution in [0.5, 0.6) is 0 Å². The van der Waals surface area contributed by atoms with Gasteiger partial charge in [-0.25, -0.2) is 9.78 Å². The summed E-state index contributed by atoms with van der Waals surface area (Å²) in [4.78, 5) is 31.0. The van der Waals surface area contributed by atoms with Crippen LogP contribution in [0.2, 0.25) is 0 Å². The van der Waals surface area contributed by atoms with Crippen LogP contribution in [0.25, 0.3) is 10.9 Å². The van der Waals surface area contributed by atoms with Gasteiger partial charge >= 0.3 is 5.97 Å². The number of aliphatic carboxylic acids is 1. The molecular weight excluding hydrogens is 282 g/mol. The molecule has 116 valence electrons. The first-order valence-electron chi connectivity index (χ1n) is 6.90. The molecule has 2 aromatic rings. The molecule has 0 saturated heterocycles. The van der Waals surface area contributed by atoms with Crippen molar-refractivity contribution in [3.8, 4) is 0 Å². The normalized spacial score (nSPS) is 12.0. The highest BCUT2D eigenvalue weighted by Crippen LogP contribution is 2.25. The lowest BCUT2D eigenvalue weighted by molar-refractivity contribution is -0.141. The molecule has 6 heteroatoms. The van der Waals surface area contributed by atoms with Crippen LogP contribution >= 0.6 is 0 Å². The second kappa shape index (κ2) is 6.01. The molecule has 1 N–H and O–H groups in total.